The molecule has 5 nitrogen and oxygen atoms in total. The number of aryl methyl sites for hydroxylation is 1. The Morgan fingerprint density at radius 3 is 2.86 bits per heavy atom. The molecule has 22 heavy (non-hydrogen) atoms. The van der Waals surface area contributed by atoms with Crippen LogP contribution in [-0.4, -0.2) is 32.6 Å². The molecule has 0 atom stereocenters. The SMILES string of the molecule is Cc1nccn1CC1CN(c2ncnc3ccc(Br)cc23)C1. The van der Waals surface area contributed by atoms with Crippen LogP contribution in [0.1, 0.15) is 5.82 Å². The second-order valence-electron chi connectivity index (χ2n) is 5.76. The number of anilines is 1. The Bertz CT molecular complexity index is 822. The highest BCUT2D eigenvalue weighted by atomic mass is 79.9. The van der Waals surface area contributed by atoms with Crippen molar-refractivity contribution in [2.45, 2.75) is 13.5 Å². The topological polar surface area (TPSA) is 46.8 Å². The second kappa shape index (κ2) is 5.35. The molecule has 0 bridgehead atoms. The fraction of sp³-hybridized carbons (Fsp3) is 0.312. The standard InChI is InChI=1S/C16H16BrN5/c1-11-18-4-5-21(11)7-12-8-22(9-12)16-14-6-13(17)2-3-15(14)19-10-20-16/h2-6,10,12H,7-9H2,1H3. The van der Waals surface area contributed by atoms with Crippen molar-refractivity contribution in [3.8, 4) is 0 Å². The summed E-state index contributed by atoms with van der Waals surface area (Å²) in [7, 11) is 0. The zero-order valence-corrected chi connectivity index (χ0v) is 13.9. The lowest BCUT2D eigenvalue weighted by atomic mass is 9.99. The quantitative estimate of drug-likeness (QED) is 0.722. The maximum atomic E-state index is 4.49. The first kappa shape index (κ1) is 13.7. The first-order valence-corrected chi connectivity index (χ1v) is 8.13. The molecule has 112 valence electrons. The number of hydrogen-bond donors (Lipinski definition) is 0. The summed E-state index contributed by atoms with van der Waals surface area (Å²) in [6.45, 7) is 5.12. The molecule has 1 saturated heterocycles. The minimum Gasteiger partial charge on any atom is -0.355 e. The minimum absolute atomic E-state index is 0.644. The second-order valence-corrected chi connectivity index (χ2v) is 6.67. The average Bonchev–Trinajstić information content (AvgIpc) is 2.87. The zero-order valence-electron chi connectivity index (χ0n) is 12.3. The van der Waals surface area contributed by atoms with Crippen LogP contribution in [0.25, 0.3) is 10.9 Å². The third-order valence-electron chi connectivity index (χ3n) is 4.21. The maximum Gasteiger partial charge on any atom is 0.139 e. The Balaban J connectivity index is 1.53. The van der Waals surface area contributed by atoms with E-state index in [-0.39, 0.29) is 0 Å². The van der Waals surface area contributed by atoms with Gasteiger partial charge in [0.2, 0.25) is 0 Å². The van der Waals surface area contributed by atoms with Gasteiger partial charge >= 0.3 is 0 Å². The van der Waals surface area contributed by atoms with Crippen molar-refractivity contribution in [3.63, 3.8) is 0 Å². The van der Waals surface area contributed by atoms with Crippen LogP contribution in [0.15, 0.2) is 41.4 Å². The molecular weight excluding hydrogens is 342 g/mol. The van der Waals surface area contributed by atoms with E-state index in [0.29, 0.717) is 5.92 Å². The van der Waals surface area contributed by atoms with E-state index in [9.17, 15) is 0 Å². The number of fused-ring (bicyclic) bond motifs is 1. The number of rotatable bonds is 3. The van der Waals surface area contributed by atoms with E-state index in [1.165, 1.54) is 0 Å². The Labute approximate surface area is 137 Å². The Kier molecular flexibility index (Phi) is 3.33. The number of nitrogens with zero attached hydrogens (tertiary/aromatic N) is 5. The highest BCUT2D eigenvalue weighted by Crippen LogP contribution is 2.31. The Hall–Kier alpha value is -1.95. The molecule has 0 unspecified atom stereocenters. The van der Waals surface area contributed by atoms with Gasteiger partial charge in [-0.3, -0.25) is 0 Å². The van der Waals surface area contributed by atoms with Gasteiger partial charge in [0.1, 0.15) is 18.0 Å². The van der Waals surface area contributed by atoms with E-state index >= 15 is 0 Å². The highest BCUT2D eigenvalue weighted by Gasteiger charge is 2.29. The molecule has 0 radical (unpaired) electrons. The highest BCUT2D eigenvalue weighted by molar-refractivity contribution is 9.10. The molecule has 0 aliphatic carbocycles. The van der Waals surface area contributed by atoms with Crippen LogP contribution in [0, 0.1) is 12.8 Å². The van der Waals surface area contributed by atoms with Gasteiger partial charge in [-0.15, -0.1) is 0 Å². The normalized spacial score (nSPS) is 15.3. The van der Waals surface area contributed by atoms with Crippen LogP contribution in [0.4, 0.5) is 5.82 Å². The molecule has 0 saturated carbocycles. The van der Waals surface area contributed by atoms with Gasteiger partial charge < -0.3 is 9.47 Å². The third-order valence-corrected chi connectivity index (χ3v) is 4.70. The molecule has 6 heteroatoms. The Morgan fingerprint density at radius 1 is 1.23 bits per heavy atom. The largest absolute Gasteiger partial charge is 0.355 e. The van der Waals surface area contributed by atoms with Crippen LogP contribution in [0.2, 0.25) is 0 Å². The average molecular weight is 358 g/mol. The molecular formula is C16H16BrN5. The predicted octanol–water partition coefficient (Wildman–Crippen LogP) is 3.03. The molecule has 3 aromatic rings. The van der Waals surface area contributed by atoms with Gasteiger partial charge in [0.25, 0.3) is 0 Å². The predicted molar refractivity (Wildman–Crippen MR) is 89.9 cm³/mol. The van der Waals surface area contributed by atoms with Crippen LogP contribution in [0.3, 0.4) is 0 Å². The molecule has 1 aliphatic rings. The van der Waals surface area contributed by atoms with E-state index in [4.69, 9.17) is 0 Å². The summed E-state index contributed by atoms with van der Waals surface area (Å²) in [5, 5.41) is 1.11. The summed E-state index contributed by atoms with van der Waals surface area (Å²) >= 11 is 3.53. The van der Waals surface area contributed by atoms with Crippen molar-refractivity contribution in [1.29, 1.82) is 0 Å². The molecule has 0 spiro atoms. The van der Waals surface area contributed by atoms with Gasteiger partial charge in [-0.25, -0.2) is 15.0 Å². The minimum atomic E-state index is 0.644. The van der Waals surface area contributed by atoms with Crippen LogP contribution < -0.4 is 4.90 Å². The van der Waals surface area contributed by atoms with Crippen LogP contribution in [-0.2, 0) is 6.54 Å². The molecule has 1 aromatic carbocycles. The number of aromatic nitrogens is 4. The van der Waals surface area contributed by atoms with Crippen molar-refractivity contribution in [1.82, 2.24) is 19.5 Å². The van der Waals surface area contributed by atoms with E-state index < -0.39 is 0 Å². The summed E-state index contributed by atoms with van der Waals surface area (Å²) < 4.78 is 3.28. The lowest BCUT2D eigenvalue weighted by molar-refractivity contribution is 0.353. The smallest absolute Gasteiger partial charge is 0.139 e. The maximum absolute atomic E-state index is 4.49. The molecule has 4 rings (SSSR count). The van der Waals surface area contributed by atoms with Gasteiger partial charge in [-0.2, -0.15) is 0 Å². The fourth-order valence-corrected chi connectivity index (χ4v) is 3.36. The summed E-state index contributed by atoms with van der Waals surface area (Å²) in [6.07, 6.45) is 5.56. The number of halogens is 1. The molecule has 0 amide bonds. The van der Waals surface area contributed by atoms with Gasteiger partial charge in [-0.1, -0.05) is 15.9 Å². The zero-order chi connectivity index (χ0) is 15.1. The first-order valence-electron chi connectivity index (χ1n) is 7.33. The summed E-state index contributed by atoms with van der Waals surface area (Å²) in [5.41, 5.74) is 0.988. The number of imidazole rings is 1. The first-order chi connectivity index (χ1) is 10.7. The van der Waals surface area contributed by atoms with Crippen LogP contribution >= 0.6 is 15.9 Å². The molecule has 0 N–H and O–H groups in total. The van der Waals surface area contributed by atoms with Crippen molar-refractivity contribution < 1.29 is 0 Å². The lowest BCUT2D eigenvalue weighted by Gasteiger charge is -2.40. The van der Waals surface area contributed by atoms with E-state index in [0.717, 1.165) is 46.7 Å². The van der Waals surface area contributed by atoms with Crippen molar-refractivity contribution in [2.75, 3.05) is 18.0 Å². The third kappa shape index (κ3) is 2.37. The van der Waals surface area contributed by atoms with Crippen molar-refractivity contribution in [2.24, 2.45) is 5.92 Å². The van der Waals surface area contributed by atoms with Crippen molar-refractivity contribution >= 4 is 32.7 Å². The van der Waals surface area contributed by atoms with Gasteiger partial charge in [0.15, 0.2) is 0 Å². The van der Waals surface area contributed by atoms with Gasteiger partial charge in [0, 0.05) is 47.8 Å². The molecule has 1 fully saturated rings. The van der Waals surface area contributed by atoms with Gasteiger partial charge in [-0.05, 0) is 25.1 Å². The molecule has 1 aliphatic heterocycles. The molecule has 2 aromatic heterocycles. The summed E-state index contributed by atoms with van der Waals surface area (Å²) in [4.78, 5) is 15.4. The van der Waals surface area contributed by atoms with Crippen molar-refractivity contribution in [3.05, 3.63) is 47.2 Å². The number of hydrogen-bond acceptors (Lipinski definition) is 4. The summed E-state index contributed by atoms with van der Waals surface area (Å²) in [5.74, 6) is 2.75. The van der Waals surface area contributed by atoms with E-state index in [1.54, 1.807) is 6.33 Å². The lowest BCUT2D eigenvalue weighted by Crippen LogP contribution is -2.49. The molecule has 3 heterocycles. The monoisotopic (exact) mass is 357 g/mol. The fourth-order valence-electron chi connectivity index (χ4n) is 3.00. The van der Waals surface area contributed by atoms with Crippen LogP contribution in [0.5, 0.6) is 0 Å². The Morgan fingerprint density at radius 2 is 2.09 bits per heavy atom. The number of benzene rings is 1. The van der Waals surface area contributed by atoms with Gasteiger partial charge in [0.05, 0.1) is 5.52 Å². The van der Waals surface area contributed by atoms with E-state index in [2.05, 4.69) is 52.6 Å². The van der Waals surface area contributed by atoms with E-state index in [1.807, 2.05) is 25.3 Å². The summed E-state index contributed by atoms with van der Waals surface area (Å²) in [6, 6.07) is 6.13.